The largest absolute Gasteiger partial charge is 0.477 e. The third-order valence-electron chi connectivity index (χ3n) is 2.83. The number of carbonyl (C=O) groups is 1. The molecule has 1 aliphatic heterocycles. The van der Waals surface area contributed by atoms with E-state index in [-0.39, 0.29) is 5.69 Å². The SMILES string of the molecule is C=C.CN1CCN(c2ccnc(C(=O)O)c2)CC1. The summed E-state index contributed by atoms with van der Waals surface area (Å²) in [7, 11) is 2.09. The molecule has 0 atom stereocenters. The molecule has 5 nitrogen and oxygen atoms in total. The van der Waals surface area contributed by atoms with Crippen molar-refractivity contribution in [2.75, 3.05) is 38.1 Å². The first-order valence-corrected chi connectivity index (χ1v) is 5.79. The van der Waals surface area contributed by atoms with Crippen LogP contribution in [0.25, 0.3) is 0 Å². The molecule has 0 amide bonds. The summed E-state index contributed by atoms with van der Waals surface area (Å²) >= 11 is 0. The van der Waals surface area contributed by atoms with Gasteiger partial charge in [0, 0.05) is 38.1 Å². The smallest absolute Gasteiger partial charge is 0.354 e. The molecular weight excluding hydrogens is 230 g/mol. The van der Waals surface area contributed by atoms with Gasteiger partial charge in [0.15, 0.2) is 0 Å². The van der Waals surface area contributed by atoms with Crippen molar-refractivity contribution in [3.8, 4) is 0 Å². The molecule has 0 aliphatic carbocycles. The summed E-state index contributed by atoms with van der Waals surface area (Å²) in [5, 5.41) is 8.86. The van der Waals surface area contributed by atoms with E-state index >= 15 is 0 Å². The van der Waals surface area contributed by atoms with Gasteiger partial charge in [-0.15, -0.1) is 13.2 Å². The van der Waals surface area contributed by atoms with E-state index < -0.39 is 5.97 Å². The average Bonchev–Trinajstić information content (AvgIpc) is 2.42. The van der Waals surface area contributed by atoms with Crippen molar-refractivity contribution in [2.24, 2.45) is 0 Å². The number of hydrogen-bond acceptors (Lipinski definition) is 4. The summed E-state index contributed by atoms with van der Waals surface area (Å²) in [6.07, 6.45) is 1.55. The van der Waals surface area contributed by atoms with E-state index in [1.807, 2.05) is 6.07 Å². The van der Waals surface area contributed by atoms with Crippen LogP contribution < -0.4 is 4.90 Å². The maximum Gasteiger partial charge on any atom is 0.354 e. The first kappa shape index (κ1) is 14.2. The van der Waals surface area contributed by atoms with Crippen LogP contribution in [0.15, 0.2) is 31.5 Å². The van der Waals surface area contributed by atoms with Gasteiger partial charge in [-0.2, -0.15) is 0 Å². The van der Waals surface area contributed by atoms with Crippen molar-refractivity contribution in [1.29, 1.82) is 0 Å². The minimum atomic E-state index is -0.976. The number of carboxylic acids is 1. The lowest BCUT2D eigenvalue weighted by Gasteiger charge is -2.34. The Hall–Kier alpha value is -1.88. The van der Waals surface area contributed by atoms with E-state index in [2.05, 4.69) is 35.0 Å². The van der Waals surface area contributed by atoms with Gasteiger partial charge < -0.3 is 14.9 Å². The number of pyridine rings is 1. The summed E-state index contributed by atoms with van der Waals surface area (Å²) in [5.74, 6) is -0.976. The second-order valence-corrected chi connectivity index (χ2v) is 3.99. The Morgan fingerprint density at radius 2 is 1.94 bits per heavy atom. The van der Waals surface area contributed by atoms with E-state index in [1.54, 1.807) is 12.3 Å². The van der Waals surface area contributed by atoms with E-state index in [9.17, 15) is 4.79 Å². The molecular formula is C13H19N3O2. The lowest BCUT2D eigenvalue weighted by molar-refractivity contribution is 0.0690. The fourth-order valence-corrected chi connectivity index (χ4v) is 1.80. The van der Waals surface area contributed by atoms with Crippen molar-refractivity contribution in [3.05, 3.63) is 37.2 Å². The second kappa shape index (κ2) is 6.76. The third kappa shape index (κ3) is 3.56. The molecule has 2 heterocycles. The Labute approximate surface area is 107 Å². The van der Waals surface area contributed by atoms with Crippen molar-refractivity contribution in [2.45, 2.75) is 0 Å². The Kier molecular flexibility index (Phi) is 5.32. The fourth-order valence-electron chi connectivity index (χ4n) is 1.80. The zero-order valence-corrected chi connectivity index (χ0v) is 10.7. The van der Waals surface area contributed by atoms with Gasteiger partial charge in [0.2, 0.25) is 0 Å². The molecule has 0 aromatic carbocycles. The van der Waals surface area contributed by atoms with Crippen molar-refractivity contribution < 1.29 is 9.90 Å². The topological polar surface area (TPSA) is 56.7 Å². The van der Waals surface area contributed by atoms with Crippen LogP contribution in [0.1, 0.15) is 10.5 Å². The van der Waals surface area contributed by atoms with Crippen LogP contribution in [-0.4, -0.2) is 54.2 Å². The van der Waals surface area contributed by atoms with Crippen LogP contribution in [0.5, 0.6) is 0 Å². The van der Waals surface area contributed by atoms with E-state index in [1.165, 1.54) is 0 Å². The lowest BCUT2D eigenvalue weighted by atomic mass is 10.2. The first-order chi connectivity index (χ1) is 8.66. The van der Waals surface area contributed by atoms with Crippen LogP contribution in [0, 0.1) is 0 Å². The first-order valence-electron chi connectivity index (χ1n) is 5.79. The number of aromatic nitrogens is 1. The molecule has 0 bridgehead atoms. The van der Waals surface area contributed by atoms with Gasteiger partial charge in [0.05, 0.1) is 0 Å². The van der Waals surface area contributed by atoms with Crippen molar-refractivity contribution in [1.82, 2.24) is 9.88 Å². The maximum absolute atomic E-state index is 10.8. The molecule has 5 heteroatoms. The van der Waals surface area contributed by atoms with Gasteiger partial charge in [-0.05, 0) is 19.2 Å². The highest BCUT2D eigenvalue weighted by Crippen LogP contribution is 2.16. The van der Waals surface area contributed by atoms with E-state index in [4.69, 9.17) is 5.11 Å². The predicted molar refractivity (Wildman–Crippen MR) is 72.2 cm³/mol. The second-order valence-electron chi connectivity index (χ2n) is 3.99. The number of carboxylic acid groups (broad SMARTS) is 1. The third-order valence-corrected chi connectivity index (χ3v) is 2.83. The Morgan fingerprint density at radius 3 is 2.50 bits per heavy atom. The molecule has 1 aromatic heterocycles. The molecule has 1 aliphatic rings. The molecule has 0 spiro atoms. The fraction of sp³-hybridized carbons (Fsp3) is 0.385. The Balaban J connectivity index is 0.000000771. The number of aromatic carboxylic acids is 1. The van der Waals surface area contributed by atoms with E-state index in [0.717, 1.165) is 31.9 Å². The highest BCUT2D eigenvalue weighted by molar-refractivity contribution is 5.86. The minimum absolute atomic E-state index is 0.108. The van der Waals surface area contributed by atoms with E-state index in [0.29, 0.717) is 0 Å². The molecule has 1 saturated heterocycles. The van der Waals surface area contributed by atoms with Gasteiger partial charge in [0.25, 0.3) is 0 Å². The Morgan fingerprint density at radius 1 is 1.33 bits per heavy atom. The molecule has 1 aromatic rings. The normalized spacial score (nSPS) is 15.7. The summed E-state index contributed by atoms with van der Waals surface area (Å²) < 4.78 is 0. The standard InChI is InChI=1S/C11H15N3O2.C2H4/c1-13-4-6-14(7-5-13)9-2-3-12-10(8-9)11(15)16;1-2/h2-3,8H,4-7H2,1H3,(H,15,16);1-2H2. The zero-order valence-electron chi connectivity index (χ0n) is 10.7. The molecule has 1 N–H and O–H groups in total. The molecule has 1 fully saturated rings. The monoisotopic (exact) mass is 249 g/mol. The van der Waals surface area contributed by atoms with Crippen LogP contribution >= 0.6 is 0 Å². The molecule has 0 saturated carbocycles. The van der Waals surface area contributed by atoms with Crippen molar-refractivity contribution >= 4 is 11.7 Å². The molecule has 0 radical (unpaired) electrons. The average molecular weight is 249 g/mol. The summed E-state index contributed by atoms with van der Waals surface area (Å²) in [5.41, 5.74) is 1.05. The Bertz CT molecular complexity index is 401. The number of anilines is 1. The quantitative estimate of drug-likeness (QED) is 0.801. The number of nitrogens with zero attached hydrogens (tertiary/aromatic N) is 3. The van der Waals surface area contributed by atoms with Crippen LogP contribution in [0.4, 0.5) is 5.69 Å². The van der Waals surface area contributed by atoms with Gasteiger partial charge in [-0.25, -0.2) is 9.78 Å². The van der Waals surface area contributed by atoms with Gasteiger partial charge >= 0.3 is 5.97 Å². The number of rotatable bonds is 2. The highest BCUT2D eigenvalue weighted by atomic mass is 16.4. The molecule has 98 valence electrons. The minimum Gasteiger partial charge on any atom is -0.477 e. The van der Waals surface area contributed by atoms with Crippen LogP contribution in [0.3, 0.4) is 0 Å². The van der Waals surface area contributed by atoms with Crippen LogP contribution in [0.2, 0.25) is 0 Å². The summed E-state index contributed by atoms with van der Waals surface area (Å²) in [6, 6.07) is 3.49. The number of piperazine rings is 1. The maximum atomic E-state index is 10.8. The predicted octanol–water partition coefficient (Wildman–Crippen LogP) is 1.33. The molecule has 18 heavy (non-hydrogen) atoms. The summed E-state index contributed by atoms with van der Waals surface area (Å²) in [6.45, 7) is 9.87. The highest BCUT2D eigenvalue weighted by Gasteiger charge is 2.15. The number of likely N-dealkylation sites (N-methyl/N-ethyl adjacent to an activating group) is 1. The van der Waals surface area contributed by atoms with Crippen LogP contribution in [-0.2, 0) is 0 Å². The van der Waals surface area contributed by atoms with Gasteiger partial charge in [-0.3, -0.25) is 0 Å². The molecule has 2 rings (SSSR count). The van der Waals surface area contributed by atoms with Gasteiger partial charge in [0.1, 0.15) is 5.69 Å². The molecule has 0 unspecified atom stereocenters. The van der Waals surface area contributed by atoms with Gasteiger partial charge in [-0.1, -0.05) is 0 Å². The van der Waals surface area contributed by atoms with Crippen molar-refractivity contribution in [3.63, 3.8) is 0 Å². The zero-order chi connectivity index (χ0) is 13.5. The summed E-state index contributed by atoms with van der Waals surface area (Å²) in [4.78, 5) is 19.1. The lowest BCUT2D eigenvalue weighted by Crippen LogP contribution is -2.44. The number of hydrogen-bond donors (Lipinski definition) is 1.